The molecule has 2 N–H and O–H groups in total. The van der Waals surface area contributed by atoms with Crippen molar-refractivity contribution in [2.45, 2.75) is 52.9 Å². The van der Waals surface area contributed by atoms with E-state index in [0.717, 1.165) is 24.3 Å². The quantitative estimate of drug-likeness (QED) is 0.836. The lowest BCUT2D eigenvalue weighted by molar-refractivity contribution is 0.0516. The van der Waals surface area contributed by atoms with Gasteiger partial charge in [-0.05, 0) is 55.5 Å². The second-order valence-corrected chi connectivity index (χ2v) is 7.38. The molecular formula is C16H32N2. The van der Waals surface area contributed by atoms with Crippen molar-refractivity contribution in [2.24, 2.45) is 28.9 Å². The molecule has 2 nitrogen and oxygen atoms in total. The molecular weight excluding hydrogens is 220 g/mol. The largest absolute Gasteiger partial charge is 0.330 e. The first-order valence-corrected chi connectivity index (χ1v) is 7.97. The molecule has 2 rings (SSSR count). The van der Waals surface area contributed by atoms with Gasteiger partial charge in [0.1, 0.15) is 0 Å². The Kier molecular flexibility index (Phi) is 4.71. The summed E-state index contributed by atoms with van der Waals surface area (Å²) in [6, 6.07) is 0. The Hall–Kier alpha value is -0.0800. The molecule has 106 valence electrons. The summed E-state index contributed by atoms with van der Waals surface area (Å²) in [7, 11) is 0. The van der Waals surface area contributed by atoms with E-state index in [2.05, 4.69) is 25.7 Å². The summed E-state index contributed by atoms with van der Waals surface area (Å²) in [5, 5.41) is 0. The SMILES string of the molecule is CC1CCCC(CN)(CN2CCC(C)C(C)C2)C1. The van der Waals surface area contributed by atoms with E-state index in [9.17, 15) is 0 Å². The van der Waals surface area contributed by atoms with Crippen LogP contribution in [-0.2, 0) is 0 Å². The molecule has 0 aromatic heterocycles. The first-order valence-electron chi connectivity index (χ1n) is 7.97. The maximum atomic E-state index is 6.15. The van der Waals surface area contributed by atoms with Gasteiger partial charge in [0.25, 0.3) is 0 Å². The smallest absolute Gasteiger partial charge is 0.00503 e. The number of nitrogens with zero attached hydrogens (tertiary/aromatic N) is 1. The third-order valence-electron chi connectivity index (χ3n) is 5.60. The predicted molar refractivity (Wildman–Crippen MR) is 78.5 cm³/mol. The molecule has 1 saturated carbocycles. The Bertz CT molecular complexity index is 266. The molecule has 2 aliphatic rings. The van der Waals surface area contributed by atoms with E-state index >= 15 is 0 Å². The van der Waals surface area contributed by atoms with E-state index in [-0.39, 0.29) is 0 Å². The Balaban J connectivity index is 1.93. The molecule has 1 aliphatic carbocycles. The fraction of sp³-hybridized carbons (Fsp3) is 1.00. The summed E-state index contributed by atoms with van der Waals surface area (Å²) in [5.74, 6) is 2.64. The highest BCUT2D eigenvalue weighted by molar-refractivity contribution is 4.90. The summed E-state index contributed by atoms with van der Waals surface area (Å²) in [6.07, 6.45) is 6.88. The van der Waals surface area contributed by atoms with E-state index in [1.54, 1.807) is 0 Å². The van der Waals surface area contributed by atoms with Gasteiger partial charge in [0, 0.05) is 13.1 Å². The molecule has 18 heavy (non-hydrogen) atoms. The van der Waals surface area contributed by atoms with Crippen LogP contribution >= 0.6 is 0 Å². The maximum Gasteiger partial charge on any atom is 0.00503 e. The van der Waals surface area contributed by atoms with Crippen LogP contribution in [0.15, 0.2) is 0 Å². The van der Waals surface area contributed by atoms with Crippen molar-refractivity contribution >= 4 is 0 Å². The number of piperidine rings is 1. The number of likely N-dealkylation sites (tertiary alicyclic amines) is 1. The average Bonchev–Trinajstić information content (AvgIpc) is 2.34. The lowest BCUT2D eigenvalue weighted by atomic mass is 9.69. The van der Waals surface area contributed by atoms with Crippen LogP contribution in [0.4, 0.5) is 0 Å². The number of rotatable bonds is 3. The van der Waals surface area contributed by atoms with Gasteiger partial charge in [0.2, 0.25) is 0 Å². The van der Waals surface area contributed by atoms with Crippen LogP contribution in [0.25, 0.3) is 0 Å². The minimum atomic E-state index is 0.429. The van der Waals surface area contributed by atoms with Crippen LogP contribution in [-0.4, -0.2) is 31.1 Å². The van der Waals surface area contributed by atoms with Crippen molar-refractivity contribution in [3.8, 4) is 0 Å². The van der Waals surface area contributed by atoms with Crippen LogP contribution < -0.4 is 5.73 Å². The fourth-order valence-corrected chi connectivity index (χ4v) is 4.13. The van der Waals surface area contributed by atoms with Crippen molar-refractivity contribution in [1.29, 1.82) is 0 Å². The maximum absolute atomic E-state index is 6.15. The highest BCUT2D eigenvalue weighted by Gasteiger charge is 2.36. The Morgan fingerprint density at radius 3 is 2.56 bits per heavy atom. The fourth-order valence-electron chi connectivity index (χ4n) is 4.13. The highest BCUT2D eigenvalue weighted by Crippen LogP contribution is 2.40. The van der Waals surface area contributed by atoms with Gasteiger partial charge in [-0.1, -0.05) is 33.6 Å². The van der Waals surface area contributed by atoms with Gasteiger partial charge in [-0.3, -0.25) is 0 Å². The van der Waals surface area contributed by atoms with E-state index < -0.39 is 0 Å². The zero-order valence-corrected chi connectivity index (χ0v) is 12.6. The Morgan fingerprint density at radius 1 is 1.17 bits per heavy atom. The van der Waals surface area contributed by atoms with Crippen molar-refractivity contribution in [1.82, 2.24) is 4.90 Å². The van der Waals surface area contributed by atoms with Crippen molar-refractivity contribution < 1.29 is 0 Å². The zero-order chi connectivity index (χ0) is 13.2. The highest BCUT2D eigenvalue weighted by atomic mass is 15.1. The van der Waals surface area contributed by atoms with E-state index in [4.69, 9.17) is 5.73 Å². The molecule has 0 aromatic rings. The Labute approximate surface area is 113 Å². The summed E-state index contributed by atoms with van der Waals surface area (Å²) in [6.45, 7) is 11.9. The van der Waals surface area contributed by atoms with Crippen LogP contribution in [0, 0.1) is 23.2 Å². The minimum absolute atomic E-state index is 0.429. The van der Waals surface area contributed by atoms with Crippen LogP contribution in [0.3, 0.4) is 0 Å². The molecule has 0 spiro atoms. The lowest BCUT2D eigenvalue weighted by Gasteiger charge is -2.45. The molecule has 1 aliphatic heterocycles. The summed E-state index contributed by atoms with van der Waals surface area (Å²) in [5.41, 5.74) is 6.58. The normalized spacial score (nSPS) is 43.0. The number of hydrogen-bond acceptors (Lipinski definition) is 2. The number of nitrogens with two attached hydrogens (primary N) is 1. The standard InChI is InChI=1S/C16H32N2/c1-13-5-4-7-16(9-13,11-17)12-18-8-6-14(2)15(3)10-18/h13-15H,4-12,17H2,1-3H3. The average molecular weight is 252 g/mol. The van der Waals surface area contributed by atoms with Crippen molar-refractivity contribution in [2.75, 3.05) is 26.2 Å². The molecule has 0 aromatic carbocycles. The second kappa shape index (κ2) is 5.92. The monoisotopic (exact) mass is 252 g/mol. The van der Waals surface area contributed by atoms with Crippen LogP contribution in [0.5, 0.6) is 0 Å². The van der Waals surface area contributed by atoms with E-state index in [1.807, 2.05) is 0 Å². The second-order valence-electron chi connectivity index (χ2n) is 7.38. The summed E-state index contributed by atoms with van der Waals surface area (Å²) in [4.78, 5) is 2.70. The topological polar surface area (TPSA) is 29.3 Å². The van der Waals surface area contributed by atoms with Gasteiger partial charge in [-0.2, -0.15) is 0 Å². The molecule has 4 unspecified atom stereocenters. The van der Waals surface area contributed by atoms with Gasteiger partial charge in [0.05, 0.1) is 0 Å². The van der Waals surface area contributed by atoms with Gasteiger partial charge in [-0.25, -0.2) is 0 Å². The molecule has 1 heterocycles. The first kappa shape index (κ1) is 14.3. The van der Waals surface area contributed by atoms with E-state index in [1.165, 1.54) is 51.7 Å². The van der Waals surface area contributed by atoms with Crippen LogP contribution in [0.2, 0.25) is 0 Å². The first-order chi connectivity index (χ1) is 8.54. The third kappa shape index (κ3) is 3.27. The summed E-state index contributed by atoms with van der Waals surface area (Å²) < 4.78 is 0. The molecule has 0 amide bonds. The van der Waals surface area contributed by atoms with Gasteiger partial charge < -0.3 is 10.6 Å². The summed E-state index contributed by atoms with van der Waals surface area (Å²) >= 11 is 0. The predicted octanol–water partition coefficient (Wildman–Crippen LogP) is 3.12. The molecule has 0 bridgehead atoms. The van der Waals surface area contributed by atoms with Gasteiger partial charge in [-0.15, -0.1) is 0 Å². The zero-order valence-electron chi connectivity index (χ0n) is 12.6. The van der Waals surface area contributed by atoms with Gasteiger partial charge >= 0.3 is 0 Å². The molecule has 1 saturated heterocycles. The number of hydrogen-bond donors (Lipinski definition) is 1. The Morgan fingerprint density at radius 2 is 1.94 bits per heavy atom. The molecule has 2 heteroatoms. The molecule has 0 radical (unpaired) electrons. The van der Waals surface area contributed by atoms with Crippen LogP contribution in [0.1, 0.15) is 52.9 Å². The van der Waals surface area contributed by atoms with Crippen molar-refractivity contribution in [3.63, 3.8) is 0 Å². The van der Waals surface area contributed by atoms with E-state index in [0.29, 0.717) is 5.41 Å². The minimum Gasteiger partial charge on any atom is -0.330 e. The lowest BCUT2D eigenvalue weighted by Crippen LogP contribution is -2.49. The molecule has 2 fully saturated rings. The van der Waals surface area contributed by atoms with Crippen molar-refractivity contribution in [3.05, 3.63) is 0 Å². The third-order valence-corrected chi connectivity index (χ3v) is 5.60. The molecule has 4 atom stereocenters. The van der Waals surface area contributed by atoms with Gasteiger partial charge in [0.15, 0.2) is 0 Å².